The Kier molecular flexibility index (Phi) is 5.59. The second-order valence-corrected chi connectivity index (χ2v) is 8.28. The summed E-state index contributed by atoms with van der Waals surface area (Å²) < 4.78 is 28.6. The highest BCUT2D eigenvalue weighted by Gasteiger charge is 2.20. The van der Waals surface area contributed by atoms with Gasteiger partial charge in [-0.25, -0.2) is 8.42 Å². The van der Waals surface area contributed by atoms with Crippen LogP contribution in [-0.2, 0) is 21.0 Å². The van der Waals surface area contributed by atoms with Gasteiger partial charge in [-0.1, -0.05) is 32.9 Å². The lowest BCUT2D eigenvalue weighted by Crippen LogP contribution is -2.15. The Morgan fingerprint density at radius 2 is 1.90 bits per heavy atom. The number of sulfone groups is 1. The summed E-state index contributed by atoms with van der Waals surface area (Å²) in [6.45, 7) is 7.44. The molecule has 0 saturated heterocycles. The number of benzene rings is 1. The first-order chi connectivity index (χ1) is 9.13. The lowest BCUT2D eigenvalue weighted by molar-refractivity contribution is 0.304. The van der Waals surface area contributed by atoms with E-state index in [9.17, 15) is 8.42 Å². The summed E-state index contributed by atoms with van der Waals surface area (Å²) in [6, 6.07) is 5.65. The van der Waals surface area contributed by atoms with Crippen molar-refractivity contribution in [3.63, 3.8) is 0 Å². The van der Waals surface area contributed by atoms with Crippen LogP contribution in [0.15, 0.2) is 18.2 Å². The quantitative estimate of drug-likeness (QED) is 0.818. The van der Waals surface area contributed by atoms with Gasteiger partial charge in [0.2, 0.25) is 0 Å². The van der Waals surface area contributed by atoms with Crippen LogP contribution >= 0.6 is 0 Å². The maximum atomic E-state index is 11.4. The van der Waals surface area contributed by atoms with E-state index >= 15 is 0 Å². The molecule has 0 saturated carbocycles. The Morgan fingerprint density at radius 1 is 1.25 bits per heavy atom. The molecule has 1 aromatic carbocycles. The van der Waals surface area contributed by atoms with Gasteiger partial charge in [0, 0.05) is 6.26 Å². The fraction of sp³-hybridized carbons (Fsp3) is 0.600. The van der Waals surface area contributed by atoms with Crippen LogP contribution in [0.5, 0.6) is 5.75 Å². The topological polar surface area (TPSA) is 69.4 Å². The molecular formula is C15H25NO3S. The summed E-state index contributed by atoms with van der Waals surface area (Å²) in [5, 5.41) is 0. The first-order valence-corrected chi connectivity index (χ1v) is 8.83. The SMILES string of the molecule is CC(C)(C)c1ccc(CS(C)(=O)=O)cc1OCCCN. The summed E-state index contributed by atoms with van der Waals surface area (Å²) in [5.74, 6) is 0.789. The molecule has 0 aliphatic carbocycles. The molecule has 114 valence electrons. The maximum Gasteiger partial charge on any atom is 0.151 e. The molecule has 20 heavy (non-hydrogen) atoms. The lowest BCUT2D eigenvalue weighted by atomic mass is 9.86. The van der Waals surface area contributed by atoms with E-state index in [4.69, 9.17) is 10.5 Å². The highest BCUT2D eigenvalue weighted by atomic mass is 32.2. The zero-order valence-corrected chi connectivity index (χ0v) is 13.6. The van der Waals surface area contributed by atoms with Gasteiger partial charge in [-0.05, 0) is 35.6 Å². The number of hydrogen-bond donors (Lipinski definition) is 1. The Labute approximate surface area is 122 Å². The van der Waals surface area contributed by atoms with Crippen LogP contribution in [0.3, 0.4) is 0 Å². The van der Waals surface area contributed by atoms with E-state index in [-0.39, 0.29) is 11.2 Å². The van der Waals surface area contributed by atoms with Gasteiger partial charge >= 0.3 is 0 Å². The molecular weight excluding hydrogens is 274 g/mol. The van der Waals surface area contributed by atoms with Gasteiger partial charge < -0.3 is 10.5 Å². The first kappa shape index (κ1) is 17.0. The van der Waals surface area contributed by atoms with Crippen LogP contribution in [0, 0.1) is 0 Å². The van der Waals surface area contributed by atoms with Crippen molar-refractivity contribution in [1.29, 1.82) is 0 Å². The third kappa shape index (κ3) is 5.51. The molecule has 0 unspecified atom stereocenters. The predicted octanol–water partition coefficient (Wildman–Crippen LogP) is 2.26. The van der Waals surface area contributed by atoms with Crippen molar-refractivity contribution in [3.8, 4) is 5.75 Å². The van der Waals surface area contributed by atoms with Crippen LogP contribution in [-0.4, -0.2) is 27.8 Å². The monoisotopic (exact) mass is 299 g/mol. The van der Waals surface area contributed by atoms with E-state index in [0.29, 0.717) is 13.2 Å². The van der Waals surface area contributed by atoms with E-state index in [1.54, 1.807) is 0 Å². The van der Waals surface area contributed by atoms with Crippen LogP contribution in [0.4, 0.5) is 0 Å². The van der Waals surface area contributed by atoms with E-state index in [1.807, 2.05) is 18.2 Å². The molecule has 5 heteroatoms. The lowest BCUT2D eigenvalue weighted by Gasteiger charge is -2.23. The molecule has 0 bridgehead atoms. The molecule has 1 aromatic rings. The van der Waals surface area contributed by atoms with Crippen LogP contribution < -0.4 is 10.5 Å². The number of nitrogens with two attached hydrogens (primary N) is 1. The van der Waals surface area contributed by atoms with Gasteiger partial charge in [0.15, 0.2) is 9.84 Å². The number of hydrogen-bond acceptors (Lipinski definition) is 4. The number of ether oxygens (including phenoxy) is 1. The Bertz CT molecular complexity index is 545. The predicted molar refractivity (Wildman–Crippen MR) is 82.9 cm³/mol. The second kappa shape index (κ2) is 6.59. The van der Waals surface area contributed by atoms with Crippen molar-refractivity contribution < 1.29 is 13.2 Å². The molecule has 1 rings (SSSR count). The fourth-order valence-electron chi connectivity index (χ4n) is 1.96. The van der Waals surface area contributed by atoms with Crippen molar-refractivity contribution >= 4 is 9.84 Å². The van der Waals surface area contributed by atoms with Crippen LogP contribution in [0.2, 0.25) is 0 Å². The van der Waals surface area contributed by atoms with E-state index in [0.717, 1.165) is 23.3 Å². The number of rotatable bonds is 6. The Hall–Kier alpha value is -1.07. The maximum absolute atomic E-state index is 11.4. The minimum atomic E-state index is -3.04. The molecule has 0 radical (unpaired) electrons. The minimum absolute atomic E-state index is 0.0324. The van der Waals surface area contributed by atoms with E-state index in [2.05, 4.69) is 20.8 Å². The van der Waals surface area contributed by atoms with Gasteiger partial charge in [0.05, 0.1) is 12.4 Å². The zero-order chi connectivity index (χ0) is 15.4. The molecule has 0 aliphatic heterocycles. The molecule has 0 spiro atoms. The van der Waals surface area contributed by atoms with Gasteiger partial charge in [0.25, 0.3) is 0 Å². The van der Waals surface area contributed by atoms with Crippen LogP contribution in [0.25, 0.3) is 0 Å². The average molecular weight is 299 g/mol. The summed E-state index contributed by atoms with van der Waals surface area (Å²) >= 11 is 0. The molecule has 0 amide bonds. The average Bonchev–Trinajstić information content (AvgIpc) is 2.25. The first-order valence-electron chi connectivity index (χ1n) is 6.77. The Morgan fingerprint density at radius 3 is 2.40 bits per heavy atom. The molecule has 0 aromatic heterocycles. The van der Waals surface area contributed by atoms with Gasteiger partial charge in [0.1, 0.15) is 5.75 Å². The molecule has 0 aliphatic rings. The summed E-state index contributed by atoms with van der Waals surface area (Å²) in [4.78, 5) is 0. The van der Waals surface area contributed by atoms with Gasteiger partial charge in [-0.2, -0.15) is 0 Å². The molecule has 2 N–H and O–H groups in total. The molecule has 0 atom stereocenters. The van der Waals surface area contributed by atoms with Crippen LogP contribution in [0.1, 0.15) is 38.3 Å². The largest absolute Gasteiger partial charge is 0.493 e. The Balaban J connectivity index is 3.08. The van der Waals surface area contributed by atoms with Crippen molar-refractivity contribution in [2.45, 2.75) is 38.4 Å². The fourth-order valence-corrected chi connectivity index (χ4v) is 2.75. The third-order valence-corrected chi connectivity index (χ3v) is 3.75. The normalized spacial score (nSPS) is 12.4. The zero-order valence-electron chi connectivity index (χ0n) is 12.8. The van der Waals surface area contributed by atoms with Crippen molar-refractivity contribution in [2.75, 3.05) is 19.4 Å². The standard InChI is InChI=1S/C15H25NO3S/c1-15(2,3)13-7-6-12(11-20(4,17)18)10-14(13)19-9-5-8-16/h6-7,10H,5,8-9,11,16H2,1-4H3. The van der Waals surface area contributed by atoms with Gasteiger partial charge in [-0.15, -0.1) is 0 Å². The third-order valence-electron chi connectivity index (χ3n) is 2.89. The highest BCUT2D eigenvalue weighted by Crippen LogP contribution is 2.32. The summed E-state index contributed by atoms with van der Waals surface area (Å²) in [7, 11) is -3.04. The highest BCUT2D eigenvalue weighted by molar-refractivity contribution is 7.89. The van der Waals surface area contributed by atoms with E-state index in [1.165, 1.54) is 6.26 Å². The minimum Gasteiger partial charge on any atom is -0.493 e. The summed E-state index contributed by atoms with van der Waals surface area (Å²) in [6.07, 6.45) is 2.01. The second-order valence-electron chi connectivity index (χ2n) is 6.14. The summed E-state index contributed by atoms with van der Waals surface area (Å²) in [5.41, 5.74) is 7.25. The van der Waals surface area contributed by atoms with Crippen molar-refractivity contribution in [2.24, 2.45) is 5.73 Å². The molecule has 0 heterocycles. The molecule has 0 fully saturated rings. The smallest absolute Gasteiger partial charge is 0.151 e. The molecule has 4 nitrogen and oxygen atoms in total. The van der Waals surface area contributed by atoms with E-state index < -0.39 is 9.84 Å². The van der Waals surface area contributed by atoms with Crippen molar-refractivity contribution in [3.05, 3.63) is 29.3 Å². The van der Waals surface area contributed by atoms with Gasteiger partial charge in [-0.3, -0.25) is 0 Å². The van der Waals surface area contributed by atoms with Crippen molar-refractivity contribution in [1.82, 2.24) is 0 Å².